The van der Waals surface area contributed by atoms with Crippen LogP contribution in [0.3, 0.4) is 0 Å². The predicted octanol–water partition coefficient (Wildman–Crippen LogP) is 2.22. The molecule has 4 rings (SSSR count). The van der Waals surface area contributed by atoms with Gasteiger partial charge in [0.25, 0.3) is 5.91 Å². The number of nitrogens with zero attached hydrogens (tertiary/aromatic N) is 6. The molecule has 0 spiro atoms. The van der Waals surface area contributed by atoms with Gasteiger partial charge in [-0.2, -0.15) is 0 Å². The molecule has 0 saturated carbocycles. The number of carbonyl (C=O) groups is 3. The van der Waals surface area contributed by atoms with Gasteiger partial charge in [-0.1, -0.05) is 32.3 Å². The highest BCUT2D eigenvalue weighted by Gasteiger charge is 2.53. The van der Waals surface area contributed by atoms with Gasteiger partial charge in [0.2, 0.25) is 5.91 Å². The Bertz CT molecular complexity index is 1030. The van der Waals surface area contributed by atoms with Crippen LogP contribution in [0.4, 0.5) is 5.69 Å². The first-order valence-corrected chi connectivity index (χ1v) is 13.2. The molecule has 3 fully saturated rings. The Hall–Kier alpha value is -3.14. The maximum absolute atomic E-state index is 13.6. The van der Waals surface area contributed by atoms with E-state index < -0.39 is 24.2 Å². The molecule has 3 saturated heterocycles. The zero-order valence-electron chi connectivity index (χ0n) is 21.9. The first-order valence-electron chi connectivity index (χ1n) is 13.2. The van der Waals surface area contributed by atoms with Crippen molar-refractivity contribution in [2.24, 2.45) is 11.0 Å². The lowest BCUT2D eigenvalue weighted by Crippen LogP contribution is -2.54. The molecule has 3 heterocycles. The molecule has 1 aromatic rings. The molecule has 11 heteroatoms. The van der Waals surface area contributed by atoms with E-state index in [1.54, 1.807) is 12.1 Å². The second-order valence-corrected chi connectivity index (χ2v) is 10.2. The van der Waals surface area contributed by atoms with Crippen molar-refractivity contribution in [2.75, 3.05) is 50.8 Å². The van der Waals surface area contributed by atoms with Gasteiger partial charge in [0.05, 0.1) is 12.1 Å². The number of azide groups is 1. The van der Waals surface area contributed by atoms with E-state index in [0.29, 0.717) is 12.0 Å². The summed E-state index contributed by atoms with van der Waals surface area (Å²) in [6, 6.07) is 5.25. The normalized spacial score (nSPS) is 25.4. The number of carbonyl (C=O) groups excluding carboxylic acids is 3. The van der Waals surface area contributed by atoms with Gasteiger partial charge in [0, 0.05) is 48.9 Å². The smallest absolute Gasteiger partial charge is 0.251 e. The summed E-state index contributed by atoms with van der Waals surface area (Å²) in [7, 11) is 0. The minimum atomic E-state index is -0.817. The summed E-state index contributed by atoms with van der Waals surface area (Å²) in [5, 5.41) is 6.66. The molecule has 3 aliphatic rings. The van der Waals surface area contributed by atoms with Crippen LogP contribution in [0, 0.1) is 5.92 Å². The third-order valence-corrected chi connectivity index (χ3v) is 7.81. The van der Waals surface area contributed by atoms with Crippen LogP contribution in [0.25, 0.3) is 10.4 Å². The van der Waals surface area contributed by atoms with E-state index in [-0.39, 0.29) is 36.7 Å². The van der Waals surface area contributed by atoms with Gasteiger partial charge >= 0.3 is 0 Å². The summed E-state index contributed by atoms with van der Waals surface area (Å²) in [6.07, 6.45) is 1.17. The SMILES string of the molecule is CCCN1CCN(c2ccc(C(=O)N[C@H](C(=O)N3C[C@@H](N=[N+]=[N-])[C@H]4OCC(=O)[C@H]43)[C@@H](C)CC)cc2)CC1. The molecule has 0 unspecified atom stereocenters. The van der Waals surface area contributed by atoms with Gasteiger partial charge in [0.15, 0.2) is 5.78 Å². The fraction of sp³-hybridized carbons (Fsp3) is 0.654. The van der Waals surface area contributed by atoms with Crippen molar-refractivity contribution in [1.29, 1.82) is 0 Å². The Morgan fingerprint density at radius 1 is 1.19 bits per heavy atom. The second-order valence-electron chi connectivity index (χ2n) is 10.2. The van der Waals surface area contributed by atoms with E-state index in [9.17, 15) is 14.4 Å². The van der Waals surface area contributed by atoms with Crippen molar-refractivity contribution in [1.82, 2.24) is 15.1 Å². The molecule has 1 N–H and O–H groups in total. The molecule has 1 aromatic carbocycles. The molecule has 0 radical (unpaired) electrons. The van der Waals surface area contributed by atoms with Crippen molar-refractivity contribution in [3.8, 4) is 0 Å². The average Bonchev–Trinajstić information content (AvgIpc) is 3.48. The summed E-state index contributed by atoms with van der Waals surface area (Å²) in [6.45, 7) is 11.1. The molecule has 0 aromatic heterocycles. The highest BCUT2D eigenvalue weighted by Crippen LogP contribution is 2.31. The van der Waals surface area contributed by atoms with Crippen LogP contribution in [-0.4, -0.2) is 97.5 Å². The number of likely N-dealkylation sites (tertiary alicyclic amines) is 1. The van der Waals surface area contributed by atoms with E-state index in [4.69, 9.17) is 10.3 Å². The third kappa shape index (κ3) is 5.74. The number of nitrogens with one attached hydrogen (secondary N) is 1. The number of fused-ring (bicyclic) bond motifs is 1. The lowest BCUT2D eigenvalue weighted by Gasteiger charge is -2.36. The van der Waals surface area contributed by atoms with Crippen molar-refractivity contribution >= 4 is 23.3 Å². The van der Waals surface area contributed by atoms with Crippen LogP contribution < -0.4 is 10.2 Å². The standard InChI is InChI=1S/C26H37N7O4/c1-4-10-31-11-13-32(14-12-31)19-8-6-18(7-9-19)25(35)28-22(17(3)5-2)26(36)33-15-20(29-30-27)24-23(33)21(34)16-37-24/h6-9,17,20,22-24H,4-5,10-16H2,1-3H3,(H,28,35)/t17-,20+,22-,23+,24+/m0/s1. The number of hydrogen-bond acceptors (Lipinski definition) is 7. The molecular weight excluding hydrogens is 474 g/mol. The number of ether oxygens (including phenoxy) is 1. The van der Waals surface area contributed by atoms with E-state index in [0.717, 1.165) is 44.8 Å². The molecule has 5 atom stereocenters. The van der Waals surface area contributed by atoms with Gasteiger partial charge in [-0.05, 0) is 48.7 Å². The second kappa shape index (κ2) is 11.9. The zero-order valence-corrected chi connectivity index (χ0v) is 21.9. The van der Waals surface area contributed by atoms with Gasteiger partial charge in [0.1, 0.15) is 18.7 Å². The maximum Gasteiger partial charge on any atom is 0.251 e. The molecule has 3 aliphatic heterocycles. The topological polar surface area (TPSA) is 131 Å². The molecule has 11 nitrogen and oxygen atoms in total. The van der Waals surface area contributed by atoms with Crippen molar-refractivity contribution in [3.05, 3.63) is 40.3 Å². The number of hydrogen-bond donors (Lipinski definition) is 1. The summed E-state index contributed by atoms with van der Waals surface area (Å²) < 4.78 is 5.53. The van der Waals surface area contributed by atoms with E-state index in [1.807, 2.05) is 26.0 Å². The minimum absolute atomic E-state index is 0.0903. The molecular formula is C26H37N7O4. The number of amides is 2. The molecule has 0 aliphatic carbocycles. The van der Waals surface area contributed by atoms with E-state index >= 15 is 0 Å². The summed E-state index contributed by atoms with van der Waals surface area (Å²) in [4.78, 5) is 48.4. The lowest BCUT2D eigenvalue weighted by molar-refractivity contribution is -0.139. The molecule has 2 amide bonds. The highest BCUT2D eigenvalue weighted by molar-refractivity contribution is 5.99. The number of piperazine rings is 1. The van der Waals surface area contributed by atoms with Crippen LogP contribution in [0.1, 0.15) is 44.0 Å². The summed E-state index contributed by atoms with van der Waals surface area (Å²) >= 11 is 0. The number of anilines is 1. The number of ketones is 1. The van der Waals surface area contributed by atoms with Crippen LogP contribution in [-0.2, 0) is 14.3 Å². The number of benzene rings is 1. The predicted molar refractivity (Wildman–Crippen MR) is 139 cm³/mol. The van der Waals surface area contributed by atoms with E-state index in [1.165, 1.54) is 4.90 Å². The van der Waals surface area contributed by atoms with Crippen LogP contribution in [0.2, 0.25) is 0 Å². The van der Waals surface area contributed by atoms with Gasteiger partial charge in [-0.15, -0.1) is 0 Å². The first kappa shape index (κ1) is 26.9. The largest absolute Gasteiger partial charge is 0.369 e. The molecule has 0 bridgehead atoms. The Labute approximate surface area is 217 Å². The lowest BCUT2D eigenvalue weighted by atomic mass is 9.96. The third-order valence-electron chi connectivity index (χ3n) is 7.81. The fourth-order valence-electron chi connectivity index (χ4n) is 5.48. The number of rotatable bonds is 9. The zero-order chi connectivity index (χ0) is 26.5. The van der Waals surface area contributed by atoms with Crippen molar-refractivity contribution in [3.63, 3.8) is 0 Å². The van der Waals surface area contributed by atoms with Gasteiger partial charge < -0.3 is 19.9 Å². The Balaban J connectivity index is 1.44. The quantitative estimate of drug-likeness (QED) is 0.307. The van der Waals surface area contributed by atoms with Crippen molar-refractivity contribution in [2.45, 2.75) is 57.8 Å². The van der Waals surface area contributed by atoms with Gasteiger partial charge in [-0.25, -0.2) is 0 Å². The minimum Gasteiger partial charge on any atom is -0.369 e. The molecule has 200 valence electrons. The monoisotopic (exact) mass is 511 g/mol. The van der Waals surface area contributed by atoms with Crippen LogP contribution in [0.5, 0.6) is 0 Å². The summed E-state index contributed by atoms with van der Waals surface area (Å²) in [5.74, 6) is -1.07. The van der Waals surface area contributed by atoms with E-state index in [2.05, 4.69) is 32.1 Å². The van der Waals surface area contributed by atoms with Crippen LogP contribution in [0.15, 0.2) is 29.4 Å². The highest BCUT2D eigenvalue weighted by atomic mass is 16.5. The van der Waals surface area contributed by atoms with Crippen molar-refractivity contribution < 1.29 is 19.1 Å². The summed E-state index contributed by atoms with van der Waals surface area (Å²) in [5.41, 5.74) is 10.5. The Morgan fingerprint density at radius 3 is 2.51 bits per heavy atom. The first-order chi connectivity index (χ1) is 17.9. The van der Waals surface area contributed by atoms with Gasteiger partial charge in [-0.3, -0.25) is 19.3 Å². The number of Topliss-reactive ketones (excluding diaryl/α,β-unsaturated/α-hetero) is 1. The molecule has 37 heavy (non-hydrogen) atoms. The maximum atomic E-state index is 13.6. The fourth-order valence-corrected chi connectivity index (χ4v) is 5.48. The Morgan fingerprint density at radius 2 is 1.89 bits per heavy atom. The average molecular weight is 512 g/mol. The van der Waals surface area contributed by atoms with Crippen LogP contribution >= 0.6 is 0 Å². The Kier molecular flexibility index (Phi) is 8.68.